The van der Waals surface area contributed by atoms with E-state index in [1.807, 2.05) is 18.2 Å². The molecule has 0 atom stereocenters. The van der Waals surface area contributed by atoms with Gasteiger partial charge in [-0.05, 0) is 31.0 Å². The van der Waals surface area contributed by atoms with Gasteiger partial charge >= 0.3 is 5.97 Å². The lowest BCUT2D eigenvalue weighted by atomic mass is 10.1. The van der Waals surface area contributed by atoms with E-state index >= 15 is 0 Å². The van der Waals surface area contributed by atoms with Crippen LogP contribution in [-0.2, 0) is 16.1 Å². The second-order valence-corrected chi connectivity index (χ2v) is 5.68. The van der Waals surface area contributed by atoms with Crippen molar-refractivity contribution in [3.8, 4) is 5.75 Å². The standard InChI is InChI=1S/C16H24ClNO3/c1-12(2)10-18-11-13-14(17)6-4-7-15(13)21-9-5-8-16(19)20-3/h4,6-7,12,18H,5,8-11H2,1-3H3. The Morgan fingerprint density at radius 2 is 2.14 bits per heavy atom. The molecule has 0 saturated carbocycles. The van der Waals surface area contributed by atoms with Crippen LogP contribution < -0.4 is 10.1 Å². The molecule has 0 aliphatic carbocycles. The highest BCUT2D eigenvalue weighted by molar-refractivity contribution is 6.31. The molecule has 0 saturated heterocycles. The maximum atomic E-state index is 11.0. The molecule has 118 valence electrons. The van der Waals surface area contributed by atoms with Crippen molar-refractivity contribution in [2.45, 2.75) is 33.2 Å². The van der Waals surface area contributed by atoms with Crippen LogP contribution in [0.5, 0.6) is 5.75 Å². The number of hydrogen-bond acceptors (Lipinski definition) is 4. The van der Waals surface area contributed by atoms with E-state index in [-0.39, 0.29) is 5.97 Å². The summed E-state index contributed by atoms with van der Waals surface area (Å²) in [7, 11) is 1.39. The molecule has 21 heavy (non-hydrogen) atoms. The first-order chi connectivity index (χ1) is 10.0. The van der Waals surface area contributed by atoms with Gasteiger partial charge in [0.1, 0.15) is 5.75 Å². The molecule has 1 rings (SSSR count). The second kappa shape index (κ2) is 9.64. The molecule has 1 N–H and O–H groups in total. The van der Waals surface area contributed by atoms with E-state index in [1.54, 1.807) is 0 Å². The zero-order chi connectivity index (χ0) is 15.7. The van der Waals surface area contributed by atoms with Crippen molar-refractivity contribution in [3.05, 3.63) is 28.8 Å². The number of methoxy groups -OCH3 is 1. The fraction of sp³-hybridized carbons (Fsp3) is 0.562. The molecule has 0 spiro atoms. The summed E-state index contributed by atoms with van der Waals surface area (Å²) in [6.07, 6.45) is 0.982. The molecule has 4 nitrogen and oxygen atoms in total. The lowest BCUT2D eigenvalue weighted by Crippen LogP contribution is -2.19. The Morgan fingerprint density at radius 3 is 2.81 bits per heavy atom. The van der Waals surface area contributed by atoms with Crippen LogP contribution in [0, 0.1) is 5.92 Å². The van der Waals surface area contributed by atoms with Crippen LogP contribution in [0.25, 0.3) is 0 Å². The van der Waals surface area contributed by atoms with Crippen molar-refractivity contribution < 1.29 is 14.3 Å². The van der Waals surface area contributed by atoms with Crippen LogP contribution in [0.2, 0.25) is 5.02 Å². The monoisotopic (exact) mass is 313 g/mol. The Kier molecular flexibility index (Phi) is 8.16. The first-order valence-corrected chi connectivity index (χ1v) is 7.60. The zero-order valence-electron chi connectivity index (χ0n) is 12.9. The number of nitrogens with one attached hydrogen (secondary N) is 1. The van der Waals surface area contributed by atoms with Crippen LogP contribution in [0.15, 0.2) is 18.2 Å². The number of benzene rings is 1. The molecule has 0 amide bonds. The molecule has 0 unspecified atom stereocenters. The van der Waals surface area contributed by atoms with Crippen LogP contribution in [0.3, 0.4) is 0 Å². The Morgan fingerprint density at radius 1 is 1.38 bits per heavy atom. The van der Waals surface area contributed by atoms with E-state index in [2.05, 4.69) is 23.9 Å². The first kappa shape index (κ1) is 17.8. The molecular weight excluding hydrogens is 290 g/mol. The van der Waals surface area contributed by atoms with E-state index in [1.165, 1.54) is 7.11 Å². The summed E-state index contributed by atoms with van der Waals surface area (Å²) in [5, 5.41) is 4.05. The van der Waals surface area contributed by atoms with Gasteiger partial charge < -0.3 is 14.8 Å². The third-order valence-corrected chi connectivity index (χ3v) is 3.29. The SMILES string of the molecule is COC(=O)CCCOc1cccc(Cl)c1CNCC(C)C. The minimum atomic E-state index is -0.219. The van der Waals surface area contributed by atoms with Gasteiger partial charge in [-0.15, -0.1) is 0 Å². The fourth-order valence-electron chi connectivity index (χ4n) is 1.83. The summed E-state index contributed by atoms with van der Waals surface area (Å²) in [5.74, 6) is 1.13. The summed E-state index contributed by atoms with van der Waals surface area (Å²) < 4.78 is 10.3. The van der Waals surface area contributed by atoms with Crippen LogP contribution in [0.1, 0.15) is 32.3 Å². The molecular formula is C16H24ClNO3. The number of ether oxygens (including phenoxy) is 2. The highest BCUT2D eigenvalue weighted by Gasteiger charge is 2.09. The summed E-state index contributed by atoms with van der Waals surface area (Å²) >= 11 is 6.24. The summed E-state index contributed by atoms with van der Waals surface area (Å²) in [6.45, 7) is 6.37. The van der Waals surface area contributed by atoms with Gasteiger partial charge in [0, 0.05) is 23.6 Å². The number of carbonyl (C=O) groups is 1. The lowest BCUT2D eigenvalue weighted by Gasteiger charge is -2.14. The summed E-state index contributed by atoms with van der Waals surface area (Å²) in [4.78, 5) is 11.0. The minimum Gasteiger partial charge on any atom is -0.493 e. The topological polar surface area (TPSA) is 47.6 Å². The van der Waals surface area contributed by atoms with E-state index in [0.29, 0.717) is 36.9 Å². The van der Waals surface area contributed by atoms with Crippen LogP contribution >= 0.6 is 11.6 Å². The van der Waals surface area contributed by atoms with Gasteiger partial charge in [-0.1, -0.05) is 31.5 Å². The summed E-state index contributed by atoms with van der Waals surface area (Å²) in [5.41, 5.74) is 0.956. The molecule has 1 aromatic rings. The Balaban J connectivity index is 2.52. The fourth-order valence-corrected chi connectivity index (χ4v) is 2.06. The van der Waals surface area contributed by atoms with Crippen molar-refractivity contribution in [2.24, 2.45) is 5.92 Å². The normalized spacial score (nSPS) is 10.7. The second-order valence-electron chi connectivity index (χ2n) is 5.27. The minimum absolute atomic E-state index is 0.219. The molecule has 0 fully saturated rings. The van der Waals surface area contributed by atoms with Gasteiger partial charge in [-0.25, -0.2) is 0 Å². The molecule has 1 aromatic carbocycles. The Hall–Kier alpha value is -1.26. The van der Waals surface area contributed by atoms with Gasteiger partial charge in [0.25, 0.3) is 0 Å². The average Bonchev–Trinajstić information content (AvgIpc) is 2.45. The third kappa shape index (κ3) is 6.82. The van der Waals surface area contributed by atoms with Crippen LogP contribution in [0.4, 0.5) is 0 Å². The molecule has 0 aromatic heterocycles. The largest absolute Gasteiger partial charge is 0.493 e. The average molecular weight is 314 g/mol. The van der Waals surface area contributed by atoms with E-state index < -0.39 is 0 Å². The van der Waals surface area contributed by atoms with Crippen molar-refractivity contribution in [3.63, 3.8) is 0 Å². The molecule has 0 aliphatic heterocycles. The van der Waals surface area contributed by atoms with Gasteiger partial charge in [0.2, 0.25) is 0 Å². The van der Waals surface area contributed by atoms with E-state index in [9.17, 15) is 4.79 Å². The maximum absolute atomic E-state index is 11.0. The van der Waals surface area contributed by atoms with Gasteiger partial charge in [-0.3, -0.25) is 4.79 Å². The quantitative estimate of drug-likeness (QED) is 0.560. The molecule has 0 aliphatic rings. The number of hydrogen-bond donors (Lipinski definition) is 1. The molecule has 0 bridgehead atoms. The van der Waals surface area contributed by atoms with E-state index in [0.717, 1.165) is 17.9 Å². The first-order valence-electron chi connectivity index (χ1n) is 7.22. The van der Waals surface area contributed by atoms with Crippen LogP contribution in [-0.4, -0.2) is 26.2 Å². The van der Waals surface area contributed by atoms with E-state index in [4.69, 9.17) is 16.3 Å². The van der Waals surface area contributed by atoms with Crippen molar-refractivity contribution in [2.75, 3.05) is 20.3 Å². The van der Waals surface area contributed by atoms with Crippen molar-refractivity contribution in [1.82, 2.24) is 5.32 Å². The number of rotatable bonds is 9. The predicted molar refractivity (Wildman–Crippen MR) is 84.7 cm³/mol. The van der Waals surface area contributed by atoms with Crippen molar-refractivity contribution in [1.29, 1.82) is 0 Å². The lowest BCUT2D eigenvalue weighted by molar-refractivity contribution is -0.140. The number of esters is 1. The maximum Gasteiger partial charge on any atom is 0.305 e. The summed E-state index contributed by atoms with van der Waals surface area (Å²) in [6, 6.07) is 5.62. The molecule has 5 heteroatoms. The smallest absolute Gasteiger partial charge is 0.305 e. The highest BCUT2D eigenvalue weighted by Crippen LogP contribution is 2.26. The van der Waals surface area contributed by atoms with Gasteiger partial charge in [0.05, 0.1) is 13.7 Å². The Bertz CT molecular complexity index is 449. The predicted octanol–water partition coefficient (Wildman–Crippen LogP) is 3.42. The highest BCUT2D eigenvalue weighted by atomic mass is 35.5. The third-order valence-electron chi connectivity index (χ3n) is 2.94. The Labute approximate surface area is 131 Å². The van der Waals surface area contributed by atoms with Gasteiger partial charge in [-0.2, -0.15) is 0 Å². The van der Waals surface area contributed by atoms with Gasteiger partial charge in [0.15, 0.2) is 0 Å². The molecule has 0 heterocycles. The number of carbonyl (C=O) groups excluding carboxylic acids is 1. The zero-order valence-corrected chi connectivity index (χ0v) is 13.7. The molecule has 0 radical (unpaired) electrons. The van der Waals surface area contributed by atoms with Crippen molar-refractivity contribution >= 4 is 17.6 Å². The number of halogens is 1.